The molecule has 0 aliphatic heterocycles. The van der Waals surface area contributed by atoms with Gasteiger partial charge in [-0.25, -0.2) is 4.98 Å². The van der Waals surface area contributed by atoms with Crippen LogP contribution in [-0.2, 0) is 13.0 Å². The first-order valence-electron chi connectivity index (χ1n) is 9.84. The lowest BCUT2D eigenvalue weighted by molar-refractivity contribution is 0.0980. The molecule has 1 amide bonds. The molecule has 0 bridgehead atoms. The zero-order valence-electron chi connectivity index (χ0n) is 17.8. The van der Waals surface area contributed by atoms with Crippen molar-refractivity contribution >= 4 is 45.0 Å². The fraction of sp³-hybridized carbons (Fsp3) is 0.476. The monoisotopic (exact) mass is 435 g/mol. The zero-order chi connectivity index (χ0) is 20.3. The van der Waals surface area contributed by atoms with Gasteiger partial charge in [0.05, 0.1) is 10.2 Å². The van der Waals surface area contributed by atoms with Crippen molar-refractivity contribution in [3.8, 4) is 0 Å². The lowest BCUT2D eigenvalue weighted by atomic mass is 10.1. The summed E-state index contributed by atoms with van der Waals surface area (Å²) in [6, 6.07) is 8.12. The number of fused-ring (bicyclic) bond motifs is 1. The molecule has 2 aromatic heterocycles. The van der Waals surface area contributed by atoms with Gasteiger partial charge in [0, 0.05) is 18.8 Å². The van der Waals surface area contributed by atoms with Crippen molar-refractivity contribution in [3.63, 3.8) is 0 Å². The van der Waals surface area contributed by atoms with Crippen molar-refractivity contribution in [1.82, 2.24) is 19.7 Å². The number of aromatic nitrogens is 3. The highest BCUT2D eigenvalue weighted by Gasteiger charge is 2.24. The molecular weight excluding hydrogens is 406 g/mol. The van der Waals surface area contributed by atoms with Crippen molar-refractivity contribution in [2.75, 3.05) is 32.1 Å². The van der Waals surface area contributed by atoms with Gasteiger partial charge in [-0.15, -0.1) is 12.4 Å². The second kappa shape index (κ2) is 10.2. The molecule has 6 nitrogen and oxygen atoms in total. The standard InChI is InChI=1S/C21H29N5OS.ClH/c1-6-16-10-8-11-18-19(16)22-21(28-18)25(13-9-12-24(4)5)20(27)17-14-15(3)26(7-2)23-17;/h8,10-11,14H,6-7,9,12-13H2,1-5H3;1H. The molecule has 1 aromatic carbocycles. The molecule has 0 aliphatic rings. The molecule has 0 fully saturated rings. The minimum absolute atomic E-state index is 0. The smallest absolute Gasteiger partial charge is 0.280 e. The first kappa shape index (κ1) is 23.3. The van der Waals surface area contributed by atoms with Crippen LogP contribution in [0.4, 0.5) is 5.13 Å². The Hall–Kier alpha value is -1.96. The quantitative estimate of drug-likeness (QED) is 0.526. The van der Waals surface area contributed by atoms with Gasteiger partial charge >= 0.3 is 0 Å². The maximum Gasteiger partial charge on any atom is 0.280 e. The Balaban J connectivity index is 0.00000300. The number of anilines is 1. The summed E-state index contributed by atoms with van der Waals surface area (Å²) >= 11 is 1.58. The largest absolute Gasteiger partial charge is 0.309 e. The van der Waals surface area contributed by atoms with Crippen molar-refractivity contribution in [3.05, 3.63) is 41.2 Å². The van der Waals surface area contributed by atoms with Gasteiger partial charge in [-0.2, -0.15) is 5.10 Å². The van der Waals surface area contributed by atoms with Crippen LogP contribution in [0.3, 0.4) is 0 Å². The van der Waals surface area contributed by atoms with Crippen LogP contribution in [0.25, 0.3) is 10.2 Å². The van der Waals surface area contributed by atoms with Crippen LogP contribution in [0, 0.1) is 6.92 Å². The number of para-hydroxylation sites is 1. The van der Waals surface area contributed by atoms with E-state index in [1.165, 1.54) is 5.56 Å². The van der Waals surface area contributed by atoms with Crippen LogP contribution in [0.15, 0.2) is 24.3 Å². The van der Waals surface area contributed by atoms with E-state index in [1.54, 1.807) is 16.2 Å². The zero-order valence-corrected chi connectivity index (χ0v) is 19.4. The fourth-order valence-corrected chi connectivity index (χ4v) is 4.33. The summed E-state index contributed by atoms with van der Waals surface area (Å²) < 4.78 is 2.98. The maximum absolute atomic E-state index is 13.3. The molecule has 0 saturated heterocycles. The molecule has 0 unspecified atom stereocenters. The Labute approximate surface area is 182 Å². The Morgan fingerprint density at radius 2 is 1.97 bits per heavy atom. The Morgan fingerprint density at radius 3 is 2.59 bits per heavy atom. The molecule has 0 saturated carbocycles. The fourth-order valence-electron chi connectivity index (χ4n) is 3.30. The molecule has 0 radical (unpaired) electrons. The predicted molar refractivity (Wildman–Crippen MR) is 124 cm³/mol. The van der Waals surface area contributed by atoms with E-state index in [2.05, 4.69) is 35.1 Å². The molecule has 29 heavy (non-hydrogen) atoms. The van der Waals surface area contributed by atoms with E-state index in [9.17, 15) is 4.79 Å². The van der Waals surface area contributed by atoms with Crippen molar-refractivity contribution in [2.24, 2.45) is 0 Å². The van der Waals surface area contributed by atoms with Gasteiger partial charge in [0.2, 0.25) is 0 Å². The number of hydrogen-bond acceptors (Lipinski definition) is 5. The van der Waals surface area contributed by atoms with Gasteiger partial charge in [-0.05, 0) is 65.0 Å². The minimum atomic E-state index is -0.0776. The number of carbonyl (C=O) groups excluding carboxylic acids is 1. The Kier molecular flexibility index (Phi) is 8.19. The predicted octanol–water partition coefficient (Wildman–Crippen LogP) is 4.40. The minimum Gasteiger partial charge on any atom is -0.309 e. The summed E-state index contributed by atoms with van der Waals surface area (Å²) in [5.41, 5.74) is 3.70. The van der Waals surface area contributed by atoms with Crippen LogP contribution in [-0.4, -0.2) is 52.8 Å². The number of rotatable bonds is 8. The van der Waals surface area contributed by atoms with E-state index in [0.717, 1.165) is 47.0 Å². The molecule has 0 atom stereocenters. The molecule has 3 rings (SSSR count). The number of halogens is 1. The van der Waals surface area contributed by atoms with E-state index in [1.807, 2.05) is 38.7 Å². The highest BCUT2D eigenvalue weighted by Crippen LogP contribution is 2.32. The van der Waals surface area contributed by atoms with Gasteiger partial charge in [-0.1, -0.05) is 30.4 Å². The third-order valence-corrected chi connectivity index (χ3v) is 5.88. The number of carbonyl (C=O) groups is 1. The molecule has 3 aromatic rings. The second-order valence-electron chi connectivity index (χ2n) is 7.21. The van der Waals surface area contributed by atoms with Crippen molar-refractivity contribution in [2.45, 2.75) is 40.2 Å². The Bertz CT molecular complexity index is 965. The molecule has 8 heteroatoms. The lowest BCUT2D eigenvalue weighted by Crippen LogP contribution is -2.33. The third-order valence-electron chi connectivity index (χ3n) is 4.84. The number of thiazole rings is 1. The van der Waals surface area contributed by atoms with E-state index < -0.39 is 0 Å². The normalized spacial score (nSPS) is 11.1. The summed E-state index contributed by atoms with van der Waals surface area (Å²) in [6.45, 7) is 8.43. The third kappa shape index (κ3) is 5.15. The van der Waals surface area contributed by atoms with Gasteiger partial charge in [-0.3, -0.25) is 14.4 Å². The number of nitrogens with zero attached hydrogens (tertiary/aromatic N) is 5. The van der Waals surface area contributed by atoms with Gasteiger partial charge in [0.15, 0.2) is 10.8 Å². The average molecular weight is 436 g/mol. The second-order valence-corrected chi connectivity index (χ2v) is 8.22. The summed E-state index contributed by atoms with van der Waals surface area (Å²) in [5, 5.41) is 5.25. The van der Waals surface area contributed by atoms with Crippen LogP contribution in [0.5, 0.6) is 0 Å². The van der Waals surface area contributed by atoms with Gasteiger partial charge in [0.25, 0.3) is 5.91 Å². The van der Waals surface area contributed by atoms with Crippen molar-refractivity contribution in [1.29, 1.82) is 0 Å². The van der Waals surface area contributed by atoms with Crippen LogP contribution >= 0.6 is 23.7 Å². The number of hydrogen-bond donors (Lipinski definition) is 0. The number of aryl methyl sites for hydroxylation is 3. The number of benzene rings is 1. The summed E-state index contributed by atoms with van der Waals surface area (Å²) in [4.78, 5) is 22.1. The molecule has 0 aliphatic carbocycles. The van der Waals surface area contributed by atoms with Gasteiger partial charge < -0.3 is 4.90 Å². The summed E-state index contributed by atoms with van der Waals surface area (Å²) in [7, 11) is 4.09. The number of amides is 1. The SMILES string of the molecule is CCc1cccc2sc(N(CCCN(C)C)C(=O)c3cc(C)n(CC)n3)nc12.Cl. The van der Waals surface area contributed by atoms with Crippen LogP contribution in [0.2, 0.25) is 0 Å². The molecule has 0 spiro atoms. The van der Waals surface area contributed by atoms with Crippen LogP contribution < -0.4 is 4.90 Å². The lowest BCUT2D eigenvalue weighted by Gasteiger charge is -2.20. The molecule has 0 N–H and O–H groups in total. The van der Waals surface area contributed by atoms with E-state index in [0.29, 0.717) is 12.2 Å². The first-order valence-corrected chi connectivity index (χ1v) is 10.7. The summed E-state index contributed by atoms with van der Waals surface area (Å²) in [5.74, 6) is -0.0776. The topological polar surface area (TPSA) is 54.3 Å². The highest BCUT2D eigenvalue weighted by atomic mass is 35.5. The summed E-state index contributed by atoms with van der Waals surface area (Å²) in [6.07, 6.45) is 1.80. The van der Waals surface area contributed by atoms with E-state index >= 15 is 0 Å². The van der Waals surface area contributed by atoms with E-state index in [-0.39, 0.29) is 18.3 Å². The molecule has 158 valence electrons. The first-order chi connectivity index (χ1) is 13.4. The molecule has 2 heterocycles. The highest BCUT2D eigenvalue weighted by molar-refractivity contribution is 7.22. The molecular formula is C21H30ClN5OS. The Morgan fingerprint density at radius 1 is 1.21 bits per heavy atom. The van der Waals surface area contributed by atoms with Crippen LogP contribution in [0.1, 0.15) is 42.0 Å². The van der Waals surface area contributed by atoms with Gasteiger partial charge in [0.1, 0.15) is 0 Å². The van der Waals surface area contributed by atoms with Crippen molar-refractivity contribution < 1.29 is 4.79 Å². The van der Waals surface area contributed by atoms with E-state index in [4.69, 9.17) is 4.98 Å². The maximum atomic E-state index is 13.3. The average Bonchev–Trinajstić information content (AvgIpc) is 3.27.